The zero-order valence-electron chi connectivity index (χ0n) is 8.71. The molecule has 0 bridgehead atoms. The summed E-state index contributed by atoms with van der Waals surface area (Å²) in [5, 5.41) is 3.85. The van der Waals surface area contributed by atoms with Gasteiger partial charge in [-0.25, -0.2) is 4.98 Å². The van der Waals surface area contributed by atoms with Gasteiger partial charge in [0.15, 0.2) is 5.82 Å². The van der Waals surface area contributed by atoms with Crippen LogP contribution in [0.5, 0.6) is 0 Å². The molecule has 6 heteroatoms. The van der Waals surface area contributed by atoms with Crippen LogP contribution in [-0.2, 0) is 13.5 Å². The highest BCUT2D eigenvalue weighted by Crippen LogP contribution is 2.12. The highest BCUT2D eigenvalue weighted by Gasteiger charge is 2.12. The van der Waals surface area contributed by atoms with Crippen molar-refractivity contribution in [2.75, 3.05) is 0 Å². The summed E-state index contributed by atoms with van der Waals surface area (Å²) in [6, 6.07) is 0.0136. The molecule has 1 unspecified atom stereocenters. The molecule has 0 aliphatic carbocycles. The number of aryl methyl sites for hydroxylation is 1. The third kappa shape index (κ3) is 2.04. The van der Waals surface area contributed by atoms with Gasteiger partial charge in [0.25, 0.3) is 0 Å². The molecule has 2 rings (SSSR count). The van der Waals surface area contributed by atoms with Crippen molar-refractivity contribution in [1.29, 1.82) is 0 Å². The molecule has 2 N–H and O–H groups in total. The van der Waals surface area contributed by atoms with Crippen molar-refractivity contribution in [3.05, 3.63) is 18.3 Å². The SMILES string of the molecule is CC(N)Cc1nc(-c2nccn2C)no1. The summed E-state index contributed by atoms with van der Waals surface area (Å²) in [7, 11) is 1.88. The van der Waals surface area contributed by atoms with Crippen molar-refractivity contribution in [2.45, 2.75) is 19.4 Å². The van der Waals surface area contributed by atoms with Crippen LogP contribution in [0.3, 0.4) is 0 Å². The average molecular weight is 207 g/mol. The van der Waals surface area contributed by atoms with Crippen molar-refractivity contribution in [3.8, 4) is 11.6 Å². The molecule has 0 aliphatic heterocycles. The Hall–Kier alpha value is -1.69. The van der Waals surface area contributed by atoms with Crippen LogP contribution in [0.25, 0.3) is 11.6 Å². The number of hydrogen-bond acceptors (Lipinski definition) is 5. The van der Waals surface area contributed by atoms with Gasteiger partial charge in [0.2, 0.25) is 11.7 Å². The highest BCUT2D eigenvalue weighted by atomic mass is 16.5. The summed E-state index contributed by atoms with van der Waals surface area (Å²) in [4.78, 5) is 8.34. The maximum Gasteiger partial charge on any atom is 0.238 e. The van der Waals surface area contributed by atoms with Crippen LogP contribution in [0, 0.1) is 0 Å². The van der Waals surface area contributed by atoms with E-state index in [0.29, 0.717) is 24.0 Å². The van der Waals surface area contributed by atoms with Gasteiger partial charge >= 0.3 is 0 Å². The van der Waals surface area contributed by atoms with Crippen LogP contribution in [0.1, 0.15) is 12.8 Å². The van der Waals surface area contributed by atoms with Crippen LogP contribution in [0.2, 0.25) is 0 Å². The lowest BCUT2D eigenvalue weighted by molar-refractivity contribution is 0.371. The summed E-state index contributed by atoms with van der Waals surface area (Å²) in [5.74, 6) is 1.73. The Morgan fingerprint density at radius 1 is 1.60 bits per heavy atom. The Balaban J connectivity index is 2.24. The highest BCUT2D eigenvalue weighted by molar-refractivity contribution is 5.42. The fourth-order valence-electron chi connectivity index (χ4n) is 1.29. The van der Waals surface area contributed by atoms with E-state index < -0.39 is 0 Å². The maximum absolute atomic E-state index is 5.63. The van der Waals surface area contributed by atoms with Crippen LogP contribution in [0.15, 0.2) is 16.9 Å². The Kier molecular flexibility index (Phi) is 2.51. The van der Waals surface area contributed by atoms with E-state index in [1.54, 1.807) is 6.20 Å². The standard InChI is InChI=1S/C9H13N5O/c1-6(10)5-7-12-8(13-15-7)9-11-3-4-14(9)2/h3-4,6H,5,10H2,1-2H3. The van der Waals surface area contributed by atoms with E-state index in [1.165, 1.54) is 0 Å². The van der Waals surface area contributed by atoms with Crippen molar-refractivity contribution in [1.82, 2.24) is 19.7 Å². The first-order chi connectivity index (χ1) is 7.16. The molecule has 80 valence electrons. The quantitative estimate of drug-likeness (QED) is 0.785. The fraction of sp³-hybridized carbons (Fsp3) is 0.444. The molecule has 0 saturated heterocycles. The Morgan fingerprint density at radius 2 is 2.40 bits per heavy atom. The molecule has 0 aliphatic rings. The number of rotatable bonds is 3. The minimum atomic E-state index is 0.0136. The van der Waals surface area contributed by atoms with Crippen LogP contribution in [-0.4, -0.2) is 25.7 Å². The van der Waals surface area contributed by atoms with Crippen molar-refractivity contribution < 1.29 is 4.52 Å². The van der Waals surface area contributed by atoms with Gasteiger partial charge < -0.3 is 14.8 Å². The number of hydrogen-bond donors (Lipinski definition) is 1. The van der Waals surface area contributed by atoms with E-state index in [9.17, 15) is 0 Å². The number of imidazole rings is 1. The molecule has 6 nitrogen and oxygen atoms in total. The van der Waals surface area contributed by atoms with E-state index in [-0.39, 0.29) is 6.04 Å². The molecule has 0 radical (unpaired) electrons. The van der Waals surface area contributed by atoms with Crippen LogP contribution in [0.4, 0.5) is 0 Å². The molecule has 0 amide bonds. The average Bonchev–Trinajstić information content (AvgIpc) is 2.72. The lowest BCUT2D eigenvalue weighted by Gasteiger charge is -1.96. The fourth-order valence-corrected chi connectivity index (χ4v) is 1.29. The van der Waals surface area contributed by atoms with Gasteiger partial charge in [-0.15, -0.1) is 0 Å². The topological polar surface area (TPSA) is 82.8 Å². The zero-order valence-corrected chi connectivity index (χ0v) is 8.71. The Labute approximate surface area is 87.1 Å². The molecule has 15 heavy (non-hydrogen) atoms. The molecule has 2 aromatic heterocycles. The summed E-state index contributed by atoms with van der Waals surface area (Å²) in [6.45, 7) is 1.89. The van der Waals surface area contributed by atoms with Gasteiger partial charge in [-0.1, -0.05) is 5.16 Å². The predicted octanol–water partition coefficient (Wildman–Crippen LogP) is 0.360. The lowest BCUT2D eigenvalue weighted by Crippen LogP contribution is -2.17. The zero-order chi connectivity index (χ0) is 10.8. The van der Waals surface area contributed by atoms with Gasteiger partial charge in [0, 0.05) is 31.9 Å². The number of nitrogens with two attached hydrogens (primary N) is 1. The van der Waals surface area contributed by atoms with Crippen molar-refractivity contribution >= 4 is 0 Å². The van der Waals surface area contributed by atoms with E-state index in [0.717, 1.165) is 0 Å². The van der Waals surface area contributed by atoms with E-state index in [1.807, 2.05) is 24.7 Å². The molecule has 1 atom stereocenters. The second-order valence-electron chi connectivity index (χ2n) is 3.55. The minimum Gasteiger partial charge on any atom is -0.339 e. The van der Waals surface area contributed by atoms with Crippen LogP contribution < -0.4 is 5.73 Å². The van der Waals surface area contributed by atoms with Gasteiger partial charge in [-0.2, -0.15) is 4.98 Å². The smallest absolute Gasteiger partial charge is 0.238 e. The summed E-state index contributed by atoms with van der Waals surface area (Å²) >= 11 is 0. The third-order valence-corrected chi connectivity index (χ3v) is 1.99. The molecule has 0 spiro atoms. The second-order valence-corrected chi connectivity index (χ2v) is 3.55. The van der Waals surface area contributed by atoms with Gasteiger partial charge in [-0.05, 0) is 6.92 Å². The van der Waals surface area contributed by atoms with E-state index in [4.69, 9.17) is 10.3 Å². The first kappa shape index (κ1) is 9.85. The molecular formula is C9H13N5O. The molecular weight excluding hydrogens is 194 g/mol. The molecule has 0 aromatic carbocycles. The largest absolute Gasteiger partial charge is 0.339 e. The minimum absolute atomic E-state index is 0.0136. The first-order valence-corrected chi connectivity index (χ1v) is 4.72. The summed E-state index contributed by atoms with van der Waals surface area (Å²) < 4.78 is 6.89. The normalized spacial score (nSPS) is 13.0. The van der Waals surface area contributed by atoms with Gasteiger partial charge in [0.1, 0.15) is 0 Å². The summed E-state index contributed by atoms with van der Waals surface area (Å²) in [5.41, 5.74) is 5.63. The molecule has 2 heterocycles. The maximum atomic E-state index is 5.63. The first-order valence-electron chi connectivity index (χ1n) is 4.72. The monoisotopic (exact) mass is 207 g/mol. The number of nitrogens with zero attached hydrogens (tertiary/aromatic N) is 4. The molecule has 0 saturated carbocycles. The number of aromatic nitrogens is 4. The molecule has 0 fully saturated rings. The Morgan fingerprint density at radius 3 is 3.00 bits per heavy atom. The predicted molar refractivity (Wildman–Crippen MR) is 53.9 cm³/mol. The van der Waals surface area contributed by atoms with Crippen LogP contribution >= 0.6 is 0 Å². The van der Waals surface area contributed by atoms with Crippen molar-refractivity contribution in [2.24, 2.45) is 12.8 Å². The van der Waals surface area contributed by atoms with Gasteiger partial charge in [-0.3, -0.25) is 0 Å². The lowest BCUT2D eigenvalue weighted by atomic mass is 10.2. The van der Waals surface area contributed by atoms with Crippen molar-refractivity contribution in [3.63, 3.8) is 0 Å². The van der Waals surface area contributed by atoms with E-state index in [2.05, 4.69) is 15.1 Å². The van der Waals surface area contributed by atoms with Gasteiger partial charge in [0.05, 0.1) is 0 Å². The molecule has 2 aromatic rings. The summed E-state index contributed by atoms with van der Waals surface area (Å²) in [6.07, 6.45) is 4.10. The Bertz CT molecular complexity index is 445. The second kappa shape index (κ2) is 3.82. The van der Waals surface area contributed by atoms with E-state index >= 15 is 0 Å². The third-order valence-electron chi connectivity index (χ3n) is 1.99.